The molecule has 2 aromatic carbocycles. The highest BCUT2D eigenvalue weighted by Crippen LogP contribution is 2.23. The number of amides is 1. The minimum Gasteiger partial charge on any atom is -0.497 e. The first kappa shape index (κ1) is 13.8. The summed E-state index contributed by atoms with van der Waals surface area (Å²) in [7, 11) is 1.60. The Morgan fingerprint density at radius 2 is 1.77 bits per heavy atom. The molecule has 110 valence electrons. The Labute approximate surface area is 127 Å². The van der Waals surface area contributed by atoms with Gasteiger partial charge in [-0.3, -0.25) is 4.79 Å². The van der Waals surface area contributed by atoms with Crippen molar-refractivity contribution in [2.24, 2.45) is 5.73 Å². The van der Waals surface area contributed by atoms with Crippen molar-refractivity contribution < 1.29 is 9.53 Å². The second kappa shape index (κ2) is 5.69. The second-order valence-electron chi connectivity index (χ2n) is 4.60. The summed E-state index contributed by atoms with van der Waals surface area (Å²) < 4.78 is 6.75. The fourth-order valence-corrected chi connectivity index (χ4v) is 2.09. The standard InChI is InChI=1S/C16H14N4O2/c1-22-13-9-7-11(8-10-13)16-18-15(14(17)21)19-20(16)12-5-3-2-4-6-12/h2-10H,1H3,(H2,17,21). The molecule has 0 atom stereocenters. The molecule has 0 unspecified atom stereocenters. The molecule has 0 aliphatic carbocycles. The number of carbonyl (C=O) groups excluding carboxylic acids is 1. The summed E-state index contributed by atoms with van der Waals surface area (Å²) >= 11 is 0. The van der Waals surface area contributed by atoms with Gasteiger partial charge in [0.2, 0.25) is 5.82 Å². The third kappa shape index (κ3) is 2.54. The molecule has 0 aliphatic rings. The highest BCUT2D eigenvalue weighted by molar-refractivity contribution is 5.89. The average molecular weight is 294 g/mol. The summed E-state index contributed by atoms with van der Waals surface area (Å²) in [5, 5.41) is 4.20. The van der Waals surface area contributed by atoms with Gasteiger partial charge >= 0.3 is 0 Å². The zero-order valence-corrected chi connectivity index (χ0v) is 11.9. The molecule has 2 N–H and O–H groups in total. The summed E-state index contributed by atoms with van der Waals surface area (Å²) in [6, 6.07) is 16.8. The number of nitrogens with two attached hydrogens (primary N) is 1. The Balaban J connectivity index is 2.14. The van der Waals surface area contributed by atoms with Crippen molar-refractivity contribution in [3.8, 4) is 22.8 Å². The van der Waals surface area contributed by atoms with Gasteiger partial charge in [0.15, 0.2) is 5.82 Å². The van der Waals surface area contributed by atoms with Crippen molar-refractivity contribution in [3.63, 3.8) is 0 Å². The fourth-order valence-electron chi connectivity index (χ4n) is 2.09. The van der Waals surface area contributed by atoms with Crippen LogP contribution in [0.4, 0.5) is 0 Å². The van der Waals surface area contributed by atoms with Gasteiger partial charge in [-0.1, -0.05) is 18.2 Å². The predicted octanol–water partition coefficient (Wildman–Crippen LogP) is 2.04. The first-order chi connectivity index (χ1) is 10.7. The normalized spacial score (nSPS) is 10.4. The SMILES string of the molecule is COc1ccc(-c2nc(C(N)=O)nn2-c2ccccc2)cc1. The number of carbonyl (C=O) groups is 1. The van der Waals surface area contributed by atoms with E-state index in [2.05, 4.69) is 10.1 Å². The molecule has 0 fully saturated rings. The van der Waals surface area contributed by atoms with Gasteiger partial charge in [0.1, 0.15) is 5.75 Å². The van der Waals surface area contributed by atoms with Crippen molar-refractivity contribution in [1.29, 1.82) is 0 Å². The molecule has 0 aliphatic heterocycles. The van der Waals surface area contributed by atoms with Crippen LogP contribution in [0.3, 0.4) is 0 Å². The van der Waals surface area contributed by atoms with Gasteiger partial charge in [-0.2, -0.15) is 0 Å². The van der Waals surface area contributed by atoms with Gasteiger partial charge < -0.3 is 10.5 Å². The molecule has 1 heterocycles. The van der Waals surface area contributed by atoms with Gasteiger partial charge in [0.25, 0.3) is 5.91 Å². The number of aromatic nitrogens is 3. The Bertz CT molecular complexity index is 795. The molecule has 6 heteroatoms. The summed E-state index contributed by atoms with van der Waals surface area (Å²) in [6.07, 6.45) is 0. The zero-order chi connectivity index (χ0) is 15.5. The van der Waals surface area contributed by atoms with E-state index in [9.17, 15) is 4.79 Å². The highest BCUT2D eigenvalue weighted by Gasteiger charge is 2.16. The molecular formula is C16H14N4O2. The van der Waals surface area contributed by atoms with Crippen molar-refractivity contribution in [1.82, 2.24) is 14.8 Å². The quantitative estimate of drug-likeness (QED) is 0.798. The van der Waals surface area contributed by atoms with Crippen LogP contribution < -0.4 is 10.5 Å². The Morgan fingerprint density at radius 3 is 2.36 bits per heavy atom. The maximum atomic E-state index is 11.4. The van der Waals surface area contributed by atoms with Gasteiger partial charge in [-0.15, -0.1) is 5.10 Å². The predicted molar refractivity (Wildman–Crippen MR) is 81.9 cm³/mol. The molecule has 1 aromatic heterocycles. The monoisotopic (exact) mass is 294 g/mol. The van der Waals surface area contributed by atoms with E-state index in [1.54, 1.807) is 11.8 Å². The molecule has 0 saturated heterocycles. The molecule has 6 nitrogen and oxygen atoms in total. The lowest BCUT2D eigenvalue weighted by Crippen LogP contribution is -2.13. The first-order valence-electron chi connectivity index (χ1n) is 6.66. The van der Waals surface area contributed by atoms with Crippen molar-refractivity contribution in [2.45, 2.75) is 0 Å². The number of benzene rings is 2. The van der Waals surface area contributed by atoms with Crippen molar-refractivity contribution in [3.05, 3.63) is 60.4 Å². The van der Waals surface area contributed by atoms with Gasteiger partial charge in [-0.25, -0.2) is 9.67 Å². The van der Waals surface area contributed by atoms with E-state index in [4.69, 9.17) is 10.5 Å². The number of hydrogen-bond donors (Lipinski definition) is 1. The third-order valence-corrected chi connectivity index (χ3v) is 3.18. The summed E-state index contributed by atoms with van der Waals surface area (Å²) in [6.45, 7) is 0. The first-order valence-corrected chi connectivity index (χ1v) is 6.66. The van der Waals surface area contributed by atoms with Crippen LogP contribution in [-0.2, 0) is 0 Å². The second-order valence-corrected chi connectivity index (χ2v) is 4.60. The van der Waals surface area contributed by atoms with E-state index in [0.29, 0.717) is 5.82 Å². The molecule has 1 amide bonds. The molecule has 0 spiro atoms. The summed E-state index contributed by atoms with van der Waals surface area (Å²) in [4.78, 5) is 15.6. The van der Waals surface area contributed by atoms with E-state index in [1.165, 1.54) is 0 Å². The van der Waals surface area contributed by atoms with Crippen molar-refractivity contribution >= 4 is 5.91 Å². The van der Waals surface area contributed by atoms with Crippen LogP contribution in [0, 0.1) is 0 Å². The minimum absolute atomic E-state index is 0.0188. The largest absolute Gasteiger partial charge is 0.497 e. The smallest absolute Gasteiger partial charge is 0.288 e. The average Bonchev–Trinajstić information content (AvgIpc) is 3.01. The number of hydrogen-bond acceptors (Lipinski definition) is 4. The van der Waals surface area contributed by atoms with Gasteiger partial charge in [0.05, 0.1) is 12.8 Å². The maximum Gasteiger partial charge on any atom is 0.288 e. The van der Waals surface area contributed by atoms with Crippen LogP contribution in [0.5, 0.6) is 5.75 Å². The number of methoxy groups -OCH3 is 1. The lowest BCUT2D eigenvalue weighted by Gasteiger charge is -2.06. The van der Waals surface area contributed by atoms with Crippen LogP contribution in [0.2, 0.25) is 0 Å². The van der Waals surface area contributed by atoms with Crippen LogP contribution in [-0.4, -0.2) is 27.8 Å². The lowest BCUT2D eigenvalue weighted by atomic mass is 10.2. The topological polar surface area (TPSA) is 83.0 Å². The van der Waals surface area contributed by atoms with E-state index in [-0.39, 0.29) is 5.82 Å². The van der Waals surface area contributed by atoms with Crippen LogP contribution in [0.25, 0.3) is 17.1 Å². The highest BCUT2D eigenvalue weighted by atomic mass is 16.5. The zero-order valence-electron chi connectivity index (χ0n) is 11.9. The molecule has 3 rings (SSSR count). The maximum absolute atomic E-state index is 11.4. The Kier molecular flexibility index (Phi) is 3.57. The van der Waals surface area contributed by atoms with Crippen molar-refractivity contribution in [2.75, 3.05) is 7.11 Å². The molecule has 0 radical (unpaired) electrons. The number of ether oxygens (including phenoxy) is 1. The summed E-state index contributed by atoms with van der Waals surface area (Å²) in [5.41, 5.74) is 6.91. The molecular weight excluding hydrogens is 280 g/mol. The molecule has 3 aromatic rings. The van der Waals surface area contributed by atoms with E-state index in [1.807, 2.05) is 54.6 Å². The Hall–Kier alpha value is -3.15. The fraction of sp³-hybridized carbons (Fsp3) is 0.0625. The van der Waals surface area contributed by atoms with E-state index >= 15 is 0 Å². The Morgan fingerprint density at radius 1 is 1.09 bits per heavy atom. The molecule has 0 saturated carbocycles. The minimum atomic E-state index is -0.663. The van der Waals surface area contributed by atoms with Crippen LogP contribution in [0.1, 0.15) is 10.6 Å². The molecule has 0 bridgehead atoms. The number of para-hydroxylation sites is 1. The van der Waals surface area contributed by atoms with Crippen LogP contribution in [0.15, 0.2) is 54.6 Å². The number of primary amides is 1. The van der Waals surface area contributed by atoms with E-state index < -0.39 is 5.91 Å². The van der Waals surface area contributed by atoms with Gasteiger partial charge in [0, 0.05) is 5.56 Å². The van der Waals surface area contributed by atoms with E-state index in [0.717, 1.165) is 17.0 Å². The lowest BCUT2D eigenvalue weighted by molar-refractivity contribution is 0.0990. The van der Waals surface area contributed by atoms with Crippen LogP contribution >= 0.6 is 0 Å². The number of rotatable bonds is 4. The van der Waals surface area contributed by atoms with Gasteiger partial charge in [-0.05, 0) is 36.4 Å². The number of nitrogens with zero attached hydrogens (tertiary/aromatic N) is 3. The summed E-state index contributed by atoms with van der Waals surface area (Å²) in [5.74, 6) is 0.603. The third-order valence-electron chi connectivity index (χ3n) is 3.18. The molecule has 22 heavy (non-hydrogen) atoms.